The summed E-state index contributed by atoms with van der Waals surface area (Å²) in [6.07, 6.45) is 0.184. The molecular formula is C27H21ClFN3O4S. The summed E-state index contributed by atoms with van der Waals surface area (Å²) >= 11 is 5.99. The summed E-state index contributed by atoms with van der Waals surface area (Å²) in [4.78, 5) is 25.8. The fraction of sp³-hybridized carbons (Fsp3) is 0.111. The van der Waals surface area contributed by atoms with Crippen LogP contribution in [0.4, 0.5) is 10.1 Å². The number of primary amides is 1. The Balaban J connectivity index is 1.35. The molecule has 3 N–H and O–H groups in total. The fourth-order valence-electron chi connectivity index (χ4n) is 4.40. The highest BCUT2D eigenvalue weighted by Gasteiger charge is 2.36. The Morgan fingerprint density at radius 1 is 0.973 bits per heavy atom. The van der Waals surface area contributed by atoms with Crippen molar-refractivity contribution in [2.24, 2.45) is 5.73 Å². The van der Waals surface area contributed by atoms with E-state index in [1.54, 1.807) is 54.6 Å². The number of benzene rings is 4. The lowest BCUT2D eigenvalue weighted by Gasteiger charge is -2.19. The molecule has 1 atom stereocenters. The number of hydrogen-bond acceptors (Lipinski definition) is 4. The Kier molecular flexibility index (Phi) is 6.45. The van der Waals surface area contributed by atoms with Gasteiger partial charge < -0.3 is 10.6 Å². The number of hydrogen-bond donors (Lipinski definition) is 2. The van der Waals surface area contributed by atoms with Gasteiger partial charge in [-0.3, -0.25) is 9.59 Å². The van der Waals surface area contributed by atoms with Crippen LogP contribution < -0.4 is 15.4 Å². The molecular weight excluding hydrogens is 517 g/mol. The number of nitrogens with two attached hydrogens (primary N) is 1. The van der Waals surface area contributed by atoms with Crippen LogP contribution in [0, 0.1) is 5.82 Å². The Morgan fingerprint density at radius 3 is 2.46 bits per heavy atom. The zero-order valence-electron chi connectivity index (χ0n) is 19.3. The standard InChI is InChI=1S/C27H21ClFN3O4S/c28-21-7-4-18-14-22(8-5-17(18)13-21)37(35,36)31-24-10-11-32(27(24)34)25-9-6-19(15-23(25)29)16-2-1-3-20(12-16)26(30)33/h1-9,12-15,24,31H,10-11H2,(H2,30,33). The highest BCUT2D eigenvalue weighted by atomic mass is 35.5. The van der Waals surface area contributed by atoms with Gasteiger partial charge in [-0.1, -0.05) is 41.9 Å². The summed E-state index contributed by atoms with van der Waals surface area (Å²) in [6, 6.07) is 19.5. The van der Waals surface area contributed by atoms with Crippen molar-refractivity contribution in [3.8, 4) is 11.1 Å². The molecule has 4 aromatic carbocycles. The van der Waals surface area contributed by atoms with E-state index < -0.39 is 33.7 Å². The number of carbonyl (C=O) groups excluding carboxylic acids is 2. The van der Waals surface area contributed by atoms with Crippen LogP contribution in [0.1, 0.15) is 16.8 Å². The maximum absolute atomic E-state index is 15.1. The minimum Gasteiger partial charge on any atom is -0.366 e. The van der Waals surface area contributed by atoms with Gasteiger partial charge >= 0.3 is 0 Å². The molecule has 0 aliphatic carbocycles. The molecule has 7 nitrogen and oxygen atoms in total. The van der Waals surface area contributed by atoms with E-state index in [0.717, 1.165) is 5.39 Å². The highest BCUT2D eigenvalue weighted by Crippen LogP contribution is 2.30. The van der Waals surface area contributed by atoms with Crippen LogP contribution in [0.25, 0.3) is 21.9 Å². The monoisotopic (exact) mass is 537 g/mol. The van der Waals surface area contributed by atoms with Gasteiger partial charge in [0.1, 0.15) is 11.9 Å². The predicted molar refractivity (Wildman–Crippen MR) is 140 cm³/mol. The van der Waals surface area contributed by atoms with Crippen LogP contribution in [0.2, 0.25) is 5.02 Å². The first kappa shape index (κ1) is 24.9. The van der Waals surface area contributed by atoms with Crippen LogP contribution in [0.15, 0.2) is 83.8 Å². The number of amides is 2. The Morgan fingerprint density at radius 2 is 1.70 bits per heavy atom. The smallest absolute Gasteiger partial charge is 0.248 e. The maximum Gasteiger partial charge on any atom is 0.248 e. The molecule has 0 radical (unpaired) electrons. The Bertz CT molecular complexity index is 1680. The summed E-state index contributed by atoms with van der Waals surface area (Å²) < 4.78 is 43.6. The number of rotatable bonds is 6. The molecule has 10 heteroatoms. The molecule has 5 rings (SSSR count). The van der Waals surface area contributed by atoms with Gasteiger partial charge in [-0.15, -0.1) is 0 Å². The van der Waals surface area contributed by atoms with Crippen molar-refractivity contribution >= 4 is 49.9 Å². The summed E-state index contributed by atoms with van der Waals surface area (Å²) in [5.41, 5.74) is 6.77. The van der Waals surface area contributed by atoms with Crippen molar-refractivity contribution < 1.29 is 22.4 Å². The average Bonchev–Trinajstić information content (AvgIpc) is 3.22. The Labute approximate surface area is 217 Å². The quantitative estimate of drug-likeness (QED) is 0.378. The largest absolute Gasteiger partial charge is 0.366 e. The third-order valence-corrected chi connectivity index (χ3v) is 8.01. The van der Waals surface area contributed by atoms with E-state index in [1.165, 1.54) is 29.2 Å². The first-order chi connectivity index (χ1) is 17.6. The first-order valence-corrected chi connectivity index (χ1v) is 13.2. The maximum atomic E-state index is 15.1. The lowest BCUT2D eigenvalue weighted by atomic mass is 10.0. The third kappa shape index (κ3) is 4.93. The number of anilines is 1. The molecule has 0 bridgehead atoms. The van der Waals surface area contributed by atoms with Gasteiger partial charge in [-0.2, -0.15) is 4.72 Å². The van der Waals surface area contributed by atoms with E-state index in [4.69, 9.17) is 17.3 Å². The van der Waals surface area contributed by atoms with Crippen molar-refractivity contribution in [2.45, 2.75) is 17.4 Å². The van der Waals surface area contributed by atoms with Crippen molar-refractivity contribution in [1.29, 1.82) is 0 Å². The van der Waals surface area contributed by atoms with Crippen LogP contribution >= 0.6 is 11.6 Å². The lowest BCUT2D eigenvalue weighted by molar-refractivity contribution is -0.118. The molecule has 2 amide bonds. The second-order valence-electron chi connectivity index (χ2n) is 8.72. The topological polar surface area (TPSA) is 110 Å². The molecule has 1 aliphatic rings. The van der Waals surface area contributed by atoms with Gasteiger partial charge in [0.05, 0.1) is 10.6 Å². The van der Waals surface area contributed by atoms with E-state index in [2.05, 4.69) is 4.72 Å². The Hall–Kier alpha value is -3.79. The number of fused-ring (bicyclic) bond motifs is 1. The van der Waals surface area contributed by atoms with Gasteiger partial charge in [0.15, 0.2) is 0 Å². The number of halogens is 2. The second kappa shape index (κ2) is 9.59. The molecule has 0 spiro atoms. The van der Waals surface area contributed by atoms with E-state index in [0.29, 0.717) is 27.1 Å². The van der Waals surface area contributed by atoms with Gasteiger partial charge in [0.2, 0.25) is 21.8 Å². The second-order valence-corrected chi connectivity index (χ2v) is 10.9. The average molecular weight is 538 g/mol. The van der Waals surface area contributed by atoms with Crippen molar-refractivity contribution in [2.75, 3.05) is 11.4 Å². The van der Waals surface area contributed by atoms with E-state index >= 15 is 4.39 Å². The number of nitrogens with one attached hydrogen (secondary N) is 1. The summed E-state index contributed by atoms with van der Waals surface area (Å²) in [5.74, 6) is -1.78. The van der Waals surface area contributed by atoms with Crippen LogP contribution in [-0.4, -0.2) is 32.8 Å². The van der Waals surface area contributed by atoms with Crippen molar-refractivity contribution in [1.82, 2.24) is 4.72 Å². The summed E-state index contributed by atoms with van der Waals surface area (Å²) in [5, 5.41) is 2.02. The molecule has 0 aromatic heterocycles. The minimum absolute atomic E-state index is 0.0160. The number of carbonyl (C=O) groups is 2. The number of sulfonamides is 1. The molecule has 4 aromatic rings. The molecule has 37 heavy (non-hydrogen) atoms. The van der Waals surface area contributed by atoms with Crippen LogP contribution in [0.5, 0.6) is 0 Å². The summed E-state index contributed by atoms with van der Waals surface area (Å²) in [6.45, 7) is 0.148. The van der Waals surface area contributed by atoms with Crippen molar-refractivity contribution in [3.05, 3.63) is 95.3 Å². The summed E-state index contributed by atoms with van der Waals surface area (Å²) in [7, 11) is -4.01. The van der Waals surface area contributed by atoms with E-state index in [-0.39, 0.29) is 23.5 Å². The number of nitrogens with zero attached hydrogens (tertiary/aromatic N) is 1. The molecule has 188 valence electrons. The lowest BCUT2D eigenvalue weighted by Crippen LogP contribution is -2.41. The molecule has 1 heterocycles. The van der Waals surface area contributed by atoms with Gasteiger partial charge in [0.25, 0.3) is 0 Å². The zero-order chi connectivity index (χ0) is 26.3. The third-order valence-electron chi connectivity index (χ3n) is 6.31. The molecule has 1 fully saturated rings. The first-order valence-electron chi connectivity index (χ1n) is 11.4. The fourth-order valence-corrected chi connectivity index (χ4v) is 5.84. The molecule has 1 aliphatic heterocycles. The van der Waals surface area contributed by atoms with E-state index in [9.17, 15) is 18.0 Å². The van der Waals surface area contributed by atoms with Crippen LogP contribution in [0.3, 0.4) is 0 Å². The zero-order valence-corrected chi connectivity index (χ0v) is 20.9. The highest BCUT2D eigenvalue weighted by molar-refractivity contribution is 7.89. The molecule has 1 saturated heterocycles. The van der Waals surface area contributed by atoms with Crippen LogP contribution in [-0.2, 0) is 14.8 Å². The predicted octanol–water partition coefficient (Wildman–Crippen LogP) is 4.48. The minimum atomic E-state index is -4.01. The van der Waals surface area contributed by atoms with Gasteiger partial charge in [-0.05, 0) is 76.9 Å². The molecule has 1 unspecified atom stereocenters. The van der Waals surface area contributed by atoms with Gasteiger partial charge in [-0.25, -0.2) is 12.8 Å². The van der Waals surface area contributed by atoms with Crippen molar-refractivity contribution in [3.63, 3.8) is 0 Å². The van der Waals surface area contributed by atoms with Gasteiger partial charge in [0, 0.05) is 17.1 Å². The SMILES string of the molecule is NC(=O)c1cccc(-c2ccc(N3CCC(NS(=O)(=O)c4ccc5cc(Cl)ccc5c4)C3=O)c(F)c2)c1. The normalized spacial score (nSPS) is 15.9. The molecule has 0 saturated carbocycles. The van der Waals surface area contributed by atoms with E-state index in [1.807, 2.05) is 0 Å².